The average Bonchev–Trinajstić information content (AvgIpc) is 2.22. The lowest BCUT2D eigenvalue weighted by Crippen LogP contribution is -2.53. The third-order valence-electron chi connectivity index (χ3n) is 4.51. The van der Waals surface area contributed by atoms with Gasteiger partial charge in [0.15, 0.2) is 0 Å². The third-order valence-corrected chi connectivity index (χ3v) is 4.51. The van der Waals surface area contributed by atoms with Gasteiger partial charge in [-0.15, -0.1) is 0 Å². The maximum atomic E-state index is 2.74. The van der Waals surface area contributed by atoms with Gasteiger partial charge in [0.25, 0.3) is 0 Å². The molecule has 0 aromatic carbocycles. The van der Waals surface area contributed by atoms with E-state index in [-0.39, 0.29) is 0 Å². The highest BCUT2D eigenvalue weighted by Crippen LogP contribution is 2.32. The monoisotopic (exact) mass is 239 g/mol. The molecular weight excluding hydrogens is 206 g/mol. The number of hydrogen-bond acceptors (Lipinski definition) is 1. The summed E-state index contributed by atoms with van der Waals surface area (Å²) in [6, 6.07) is 0. The van der Waals surface area contributed by atoms with E-state index >= 15 is 0 Å². The van der Waals surface area contributed by atoms with Gasteiger partial charge in [-0.3, -0.25) is 4.90 Å². The molecule has 1 aliphatic rings. The van der Waals surface area contributed by atoms with Crippen molar-refractivity contribution in [3.63, 3.8) is 0 Å². The maximum absolute atomic E-state index is 2.74. The molecule has 1 heterocycles. The fraction of sp³-hybridized carbons (Fsp3) is 1.00. The summed E-state index contributed by atoms with van der Waals surface area (Å²) in [5.41, 5.74) is 0.529. The topological polar surface area (TPSA) is 3.24 Å². The maximum Gasteiger partial charge on any atom is 0.0181 e. The summed E-state index contributed by atoms with van der Waals surface area (Å²) in [6.07, 6.45) is 14.1. The van der Waals surface area contributed by atoms with E-state index in [0.29, 0.717) is 5.54 Å². The molecule has 1 heteroatoms. The molecule has 0 amide bonds. The minimum atomic E-state index is 0.529. The van der Waals surface area contributed by atoms with Gasteiger partial charge in [0.1, 0.15) is 0 Å². The van der Waals surface area contributed by atoms with Crippen molar-refractivity contribution >= 4 is 0 Å². The standard InChI is InChI=1S/C16H33N/c1-4-6-8-10-13-16(3,12-9-7-5-2)17-14-11-15-17/h4-15H2,1-3H3. The Bertz CT molecular complexity index is 186. The number of unbranched alkanes of at least 4 members (excludes halogenated alkanes) is 5. The van der Waals surface area contributed by atoms with Crippen molar-refractivity contribution in [1.82, 2.24) is 4.90 Å². The smallest absolute Gasteiger partial charge is 0.0181 e. The molecule has 1 nitrogen and oxygen atoms in total. The van der Waals surface area contributed by atoms with Crippen LogP contribution in [0.4, 0.5) is 0 Å². The summed E-state index contributed by atoms with van der Waals surface area (Å²) in [6.45, 7) is 9.85. The van der Waals surface area contributed by atoms with E-state index in [1.165, 1.54) is 77.3 Å². The first-order chi connectivity index (χ1) is 8.23. The van der Waals surface area contributed by atoms with Crippen LogP contribution < -0.4 is 0 Å². The Morgan fingerprint density at radius 1 is 0.824 bits per heavy atom. The molecule has 0 aromatic rings. The average molecular weight is 239 g/mol. The summed E-state index contributed by atoms with van der Waals surface area (Å²) in [5.74, 6) is 0. The molecule has 0 saturated carbocycles. The van der Waals surface area contributed by atoms with Crippen molar-refractivity contribution < 1.29 is 0 Å². The molecule has 17 heavy (non-hydrogen) atoms. The molecule has 0 N–H and O–H groups in total. The fourth-order valence-corrected chi connectivity index (χ4v) is 2.99. The first-order valence-electron chi connectivity index (χ1n) is 7.98. The van der Waals surface area contributed by atoms with Crippen molar-refractivity contribution in [1.29, 1.82) is 0 Å². The van der Waals surface area contributed by atoms with E-state index < -0.39 is 0 Å². The van der Waals surface area contributed by atoms with E-state index in [1.54, 1.807) is 0 Å². The van der Waals surface area contributed by atoms with Gasteiger partial charge < -0.3 is 0 Å². The van der Waals surface area contributed by atoms with Gasteiger partial charge in [-0.1, -0.05) is 58.8 Å². The molecule has 0 spiro atoms. The van der Waals surface area contributed by atoms with Crippen molar-refractivity contribution in [2.24, 2.45) is 0 Å². The highest BCUT2D eigenvalue weighted by molar-refractivity contribution is 4.90. The molecule has 0 radical (unpaired) electrons. The number of nitrogens with zero attached hydrogens (tertiary/aromatic N) is 1. The van der Waals surface area contributed by atoms with Crippen LogP contribution in [-0.4, -0.2) is 23.5 Å². The lowest BCUT2D eigenvalue weighted by molar-refractivity contribution is 0.0252. The minimum Gasteiger partial charge on any atom is -0.298 e. The predicted octanol–water partition coefficient (Wildman–Crippen LogP) is 5.00. The Kier molecular flexibility index (Phi) is 7.18. The van der Waals surface area contributed by atoms with Crippen LogP contribution >= 0.6 is 0 Å². The minimum absolute atomic E-state index is 0.529. The van der Waals surface area contributed by atoms with Crippen molar-refractivity contribution in [3.8, 4) is 0 Å². The Balaban J connectivity index is 2.29. The Morgan fingerprint density at radius 2 is 1.35 bits per heavy atom. The van der Waals surface area contributed by atoms with Crippen molar-refractivity contribution in [2.75, 3.05) is 13.1 Å². The number of likely N-dealkylation sites (tertiary alicyclic amines) is 1. The molecule has 1 fully saturated rings. The Morgan fingerprint density at radius 3 is 1.82 bits per heavy atom. The zero-order valence-electron chi connectivity index (χ0n) is 12.4. The molecule has 1 saturated heterocycles. The van der Waals surface area contributed by atoms with Crippen LogP contribution in [0.3, 0.4) is 0 Å². The van der Waals surface area contributed by atoms with Gasteiger partial charge >= 0.3 is 0 Å². The zero-order chi connectivity index (χ0) is 12.6. The second-order valence-electron chi connectivity index (χ2n) is 6.11. The second-order valence-corrected chi connectivity index (χ2v) is 6.11. The van der Waals surface area contributed by atoms with Gasteiger partial charge in [-0.2, -0.15) is 0 Å². The summed E-state index contributed by atoms with van der Waals surface area (Å²) >= 11 is 0. The lowest BCUT2D eigenvalue weighted by atomic mass is 9.84. The SMILES string of the molecule is CCCCCCC(C)(CCCCC)N1CCC1. The van der Waals surface area contributed by atoms with Gasteiger partial charge in [-0.05, 0) is 39.3 Å². The Labute approximate surface area is 109 Å². The lowest BCUT2D eigenvalue weighted by Gasteiger charge is -2.47. The molecule has 1 atom stereocenters. The van der Waals surface area contributed by atoms with E-state index in [1.807, 2.05) is 0 Å². The predicted molar refractivity (Wildman–Crippen MR) is 77.5 cm³/mol. The second kappa shape index (κ2) is 8.13. The molecular formula is C16H33N. The van der Waals surface area contributed by atoms with Crippen LogP contribution in [0, 0.1) is 0 Å². The first-order valence-corrected chi connectivity index (χ1v) is 7.98. The fourth-order valence-electron chi connectivity index (χ4n) is 2.99. The van der Waals surface area contributed by atoms with Crippen LogP contribution in [0.15, 0.2) is 0 Å². The van der Waals surface area contributed by atoms with Gasteiger partial charge in [0.05, 0.1) is 0 Å². The number of hydrogen-bond donors (Lipinski definition) is 0. The highest BCUT2D eigenvalue weighted by Gasteiger charge is 2.33. The Hall–Kier alpha value is -0.0400. The number of rotatable bonds is 10. The van der Waals surface area contributed by atoms with E-state index in [0.717, 1.165) is 0 Å². The molecule has 0 bridgehead atoms. The van der Waals surface area contributed by atoms with E-state index in [4.69, 9.17) is 0 Å². The summed E-state index contributed by atoms with van der Waals surface area (Å²) < 4.78 is 0. The molecule has 0 aliphatic carbocycles. The van der Waals surface area contributed by atoms with Crippen LogP contribution in [0.2, 0.25) is 0 Å². The van der Waals surface area contributed by atoms with Crippen LogP contribution in [0.5, 0.6) is 0 Å². The van der Waals surface area contributed by atoms with Crippen LogP contribution in [-0.2, 0) is 0 Å². The van der Waals surface area contributed by atoms with Gasteiger partial charge in [0, 0.05) is 5.54 Å². The summed E-state index contributed by atoms with van der Waals surface area (Å²) in [7, 11) is 0. The quantitative estimate of drug-likeness (QED) is 0.485. The van der Waals surface area contributed by atoms with E-state index in [9.17, 15) is 0 Å². The van der Waals surface area contributed by atoms with Gasteiger partial charge in [-0.25, -0.2) is 0 Å². The molecule has 1 rings (SSSR count). The van der Waals surface area contributed by atoms with Crippen molar-refractivity contribution in [3.05, 3.63) is 0 Å². The summed E-state index contributed by atoms with van der Waals surface area (Å²) in [4.78, 5) is 2.74. The van der Waals surface area contributed by atoms with Crippen molar-refractivity contribution in [2.45, 2.75) is 90.5 Å². The van der Waals surface area contributed by atoms with E-state index in [2.05, 4.69) is 25.7 Å². The van der Waals surface area contributed by atoms with Gasteiger partial charge in [0.2, 0.25) is 0 Å². The van der Waals surface area contributed by atoms with Crippen LogP contribution in [0.25, 0.3) is 0 Å². The zero-order valence-corrected chi connectivity index (χ0v) is 12.4. The normalized spacial score (nSPS) is 19.9. The largest absolute Gasteiger partial charge is 0.298 e. The molecule has 1 unspecified atom stereocenters. The first kappa shape index (κ1) is 15.0. The molecule has 0 aromatic heterocycles. The molecule has 102 valence electrons. The molecule has 1 aliphatic heterocycles. The highest BCUT2D eigenvalue weighted by atomic mass is 15.2. The summed E-state index contributed by atoms with van der Waals surface area (Å²) in [5, 5.41) is 0. The third kappa shape index (κ3) is 4.99. The van der Waals surface area contributed by atoms with Crippen LogP contribution in [0.1, 0.15) is 85.0 Å².